The van der Waals surface area contributed by atoms with Crippen molar-refractivity contribution in [3.63, 3.8) is 0 Å². The van der Waals surface area contributed by atoms with Gasteiger partial charge in [0.2, 0.25) is 0 Å². The van der Waals surface area contributed by atoms with Gasteiger partial charge in [-0.15, -0.1) is 0 Å². The lowest BCUT2D eigenvalue weighted by Gasteiger charge is -2.23. The molecule has 0 unspecified atom stereocenters. The Morgan fingerprint density at radius 2 is 1.81 bits per heavy atom. The molecule has 3 heteroatoms. The van der Waals surface area contributed by atoms with E-state index in [1.165, 1.54) is 17.7 Å². The van der Waals surface area contributed by atoms with Crippen molar-refractivity contribution in [3.05, 3.63) is 58.9 Å². The van der Waals surface area contributed by atoms with E-state index in [1.54, 1.807) is 6.07 Å². The largest absolute Gasteiger partial charge is 0.489 e. The highest BCUT2D eigenvalue weighted by atomic mass is 19.1. The van der Waals surface area contributed by atoms with Gasteiger partial charge in [-0.1, -0.05) is 44.5 Å². The monoisotopic (exact) mass is 287 g/mol. The number of hydrogen-bond acceptors (Lipinski definition) is 2. The van der Waals surface area contributed by atoms with Crippen molar-refractivity contribution in [2.45, 2.75) is 39.7 Å². The molecule has 112 valence electrons. The summed E-state index contributed by atoms with van der Waals surface area (Å²) in [6, 6.07) is 10.5. The molecule has 0 saturated carbocycles. The predicted molar refractivity (Wildman–Crippen MR) is 85.0 cm³/mol. The van der Waals surface area contributed by atoms with Gasteiger partial charge in [0.15, 0.2) is 0 Å². The molecule has 2 aromatic rings. The van der Waals surface area contributed by atoms with Gasteiger partial charge in [0.25, 0.3) is 0 Å². The lowest BCUT2D eigenvalue weighted by atomic mass is 9.85. The van der Waals surface area contributed by atoms with Gasteiger partial charge in [-0.2, -0.15) is 0 Å². The molecule has 0 aromatic heterocycles. The van der Waals surface area contributed by atoms with E-state index in [4.69, 9.17) is 10.5 Å². The van der Waals surface area contributed by atoms with E-state index in [9.17, 15) is 4.39 Å². The Bertz CT molecular complexity index is 644. The molecule has 0 bridgehead atoms. The molecule has 2 N–H and O–H groups in total. The zero-order chi connectivity index (χ0) is 15.6. The van der Waals surface area contributed by atoms with Crippen LogP contribution in [-0.2, 0) is 12.0 Å². The van der Waals surface area contributed by atoms with Gasteiger partial charge in [0.1, 0.15) is 18.2 Å². The molecule has 2 nitrogen and oxygen atoms in total. The van der Waals surface area contributed by atoms with Crippen molar-refractivity contribution in [1.82, 2.24) is 0 Å². The summed E-state index contributed by atoms with van der Waals surface area (Å²) < 4.78 is 19.0. The number of nitrogen functional groups attached to an aromatic ring is 1. The Kier molecular flexibility index (Phi) is 4.21. The summed E-state index contributed by atoms with van der Waals surface area (Å²) in [4.78, 5) is 0. The molecule has 0 aliphatic rings. The Labute approximate surface area is 125 Å². The van der Waals surface area contributed by atoms with Crippen LogP contribution < -0.4 is 10.5 Å². The highest BCUT2D eigenvalue weighted by Gasteiger charge is 2.19. The van der Waals surface area contributed by atoms with Crippen LogP contribution in [0, 0.1) is 12.7 Å². The van der Waals surface area contributed by atoms with Crippen molar-refractivity contribution in [1.29, 1.82) is 0 Å². The van der Waals surface area contributed by atoms with Gasteiger partial charge >= 0.3 is 0 Å². The third-order valence-electron chi connectivity index (χ3n) is 3.43. The van der Waals surface area contributed by atoms with E-state index >= 15 is 0 Å². The minimum Gasteiger partial charge on any atom is -0.489 e. The van der Waals surface area contributed by atoms with Crippen LogP contribution in [0.25, 0.3) is 0 Å². The lowest BCUT2D eigenvalue weighted by Crippen LogP contribution is -2.14. The fourth-order valence-corrected chi connectivity index (χ4v) is 2.21. The van der Waals surface area contributed by atoms with Gasteiger partial charge in [0.05, 0.1) is 0 Å². The van der Waals surface area contributed by atoms with Gasteiger partial charge in [-0.25, -0.2) is 4.39 Å². The second-order valence-electron chi connectivity index (χ2n) is 6.38. The maximum Gasteiger partial charge on any atom is 0.125 e. The van der Waals surface area contributed by atoms with Crippen LogP contribution >= 0.6 is 0 Å². The van der Waals surface area contributed by atoms with Gasteiger partial charge in [-0.3, -0.25) is 0 Å². The summed E-state index contributed by atoms with van der Waals surface area (Å²) in [5.41, 5.74) is 9.37. The molecule has 0 radical (unpaired) electrons. The molecule has 2 rings (SSSR count). The number of nitrogens with two attached hydrogens (primary N) is 1. The van der Waals surface area contributed by atoms with E-state index < -0.39 is 0 Å². The van der Waals surface area contributed by atoms with Gasteiger partial charge in [0, 0.05) is 11.3 Å². The van der Waals surface area contributed by atoms with Gasteiger partial charge < -0.3 is 10.5 Å². The Hall–Kier alpha value is -2.03. The first-order valence-electron chi connectivity index (χ1n) is 7.05. The van der Waals surface area contributed by atoms with Crippen molar-refractivity contribution in [2.75, 3.05) is 5.73 Å². The standard InChI is InChI=1S/C18H22FNO/c1-12-5-8-17(15(9-12)18(2,3)4)21-11-13-6-7-14(19)10-16(13)20/h5-10H,11,20H2,1-4H3. The number of halogens is 1. The SMILES string of the molecule is Cc1ccc(OCc2ccc(F)cc2N)c(C(C)(C)C)c1. The lowest BCUT2D eigenvalue weighted by molar-refractivity contribution is 0.298. The molecule has 0 heterocycles. The van der Waals surface area contributed by atoms with Crippen LogP contribution in [0.5, 0.6) is 5.75 Å². The average Bonchev–Trinajstić information content (AvgIpc) is 2.38. The van der Waals surface area contributed by atoms with E-state index in [-0.39, 0.29) is 11.2 Å². The fraction of sp³-hybridized carbons (Fsp3) is 0.333. The van der Waals surface area contributed by atoms with Crippen molar-refractivity contribution < 1.29 is 9.13 Å². The molecule has 2 aromatic carbocycles. The first-order valence-corrected chi connectivity index (χ1v) is 7.05. The Morgan fingerprint density at radius 1 is 1.10 bits per heavy atom. The quantitative estimate of drug-likeness (QED) is 0.838. The Balaban J connectivity index is 2.24. The molecule has 0 saturated heterocycles. The summed E-state index contributed by atoms with van der Waals surface area (Å²) in [5.74, 6) is 0.513. The minimum absolute atomic E-state index is 0.00427. The molecule has 0 spiro atoms. The maximum absolute atomic E-state index is 13.1. The summed E-state index contributed by atoms with van der Waals surface area (Å²) in [6.07, 6.45) is 0. The van der Waals surface area contributed by atoms with Gasteiger partial charge in [-0.05, 0) is 36.1 Å². The number of rotatable bonds is 3. The van der Waals surface area contributed by atoms with Crippen LogP contribution in [0.15, 0.2) is 36.4 Å². The second-order valence-corrected chi connectivity index (χ2v) is 6.38. The smallest absolute Gasteiger partial charge is 0.125 e. The van der Waals surface area contributed by atoms with Crippen LogP contribution in [-0.4, -0.2) is 0 Å². The predicted octanol–water partition coefficient (Wildman–Crippen LogP) is 4.59. The van der Waals surface area contributed by atoms with E-state index in [2.05, 4.69) is 33.8 Å². The second kappa shape index (κ2) is 5.76. The zero-order valence-electron chi connectivity index (χ0n) is 13.0. The zero-order valence-corrected chi connectivity index (χ0v) is 13.0. The van der Waals surface area contributed by atoms with E-state index in [0.717, 1.165) is 16.9 Å². The first-order chi connectivity index (χ1) is 9.77. The normalized spacial score (nSPS) is 11.5. The van der Waals surface area contributed by atoms with E-state index in [0.29, 0.717) is 12.3 Å². The highest BCUT2D eigenvalue weighted by molar-refractivity contribution is 5.47. The summed E-state index contributed by atoms with van der Waals surface area (Å²) in [6.45, 7) is 8.86. The molecule has 0 aliphatic carbocycles. The van der Waals surface area contributed by atoms with Crippen LogP contribution in [0.1, 0.15) is 37.5 Å². The van der Waals surface area contributed by atoms with Crippen LogP contribution in [0.2, 0.25) is 0 Å². The number of hydrogen-bond donors (Lipinski definition) is 1. The van der Waals surface area contributed by atoms with Crippen molar-refractivity contribution in [3.8, 4) is 5.75 Å². The molecule has 0 fully saturated rings. The number of benzene rings is 2. The number of ether oxygens (including phenoxy) is 1. The molecular formula is C18H22FNO. The van der Waals surface area contributed by atoms with Crippen LogP contribution in [0.4, 0.5) is 10.1 Å². The van der Waals surface area contributed by atoms with Crippen molar-refractivity contribution >= 4 is 5.69 Å². The fourth-order valence-electron chi connectivity index (χ4n) is 2.21. The molecule has 0 amide bonds. The molecule has 0 aliphatic heterocycles. The average molecular weight is 287 g/mol. The first kappa shape index (κ1) is 15.4. The third kappa shape index (κ3) is 3.75. The maximum atomic E-state index is 13.1. The molecule has 21 heavy (non-hydrogen) atoms. The highest BCUT2D eigenvalue weighted by Crippen LogP contribution is 2.32. The third-order valence-corrected chi connectivity index (χ3v) is 3.43. The molecular weight excluding hydrogens is 265 g/mol. The topological polar surface area (TPSA) is 35.2 Å². The van der Waals surface area contributed by atoms with Crippen LogP contribution in [0.3, 0.4) is 0 Å². The summed E-state index contributed by atoms with van der Waals surface area (Å²) >= 11 is 0. The number of anilines is 1. The summed E-state index contributed by atoms with van der Waals surface area (Å²) in [5, 5.41) is 0. The number of aryl methyl sites for hydroxylation is 1. The molecule has 0 atom stereocenters. The minimum atomic E-state index is -0.332. The van der Waals surface area contributed by atoms with Crippen molar-refractivity contribution in [2.24, 2.45) is 0 Å². The van der Waals surface area contributed by atoms with E-state index in [1.807, 2.05) is 12.1 Å². The summed E-state index contributed by atoms with van der Waals surface area (Å²) in [7, 11) is 0. The Morgan fingerprint density at radius 3 is 2.43 bits per heavy atom.